The zero-order chi connectivity index (χ0) is 11.9. The van der Waals surface area contributed by atoms with Gasteiger partial charge in [0.1, 0.15) is 0 Å². The topological polar surface area (TPSA) is 18.5 Å². The molecule has 4 fully saturated rings. The molecule has 4 aliphatic heterocycles. The van der Waals surface area contributed by atoms with Crippen LogP contribution in [0.25, 0.3) is 0 Å². The average molecular weight is 249 g/mol. The lowest BCUT2D eigenvalue weighted by Crippen LogP contribution is -2.51. The second-order valence-electron chi connectivity index (χ2n) is 6.86. The molecular weight excluding hydrogens is 222 g/mol. The average Bonchev–Trinajstić information content (AvgIpc) is 3.06. The van der Waals surface area contributed by atoms with Crippen molar-refractivity contribution < 1.29 is 0 Å². The van der Waals surface area contributed by atoms with Crippen LogP contribution in [0.3, 0.4) is 0 Å². The lowest BCUT2D eigenvalue weighted by molar-refractivity contribution is 0.156. The summed E-state index contributed by atoms with van der Waals surface area (Å²) in [5.74, 6) is 0. The van der Waals surface area contributed by atoms with Gasteiger partial charge in [0.25, 0.3) is 0 Å². The van der Waals surface area contributed by atoms with E-state index in [1.807, 2.05) is 0 Å². The van der Waals surface area contributed by atoms with Gasteiger partial charge in [-0.15, -0.1) is 0 Å². The van der Waals surface area contributed by atoms with Crippen LogP contribution in [0.5, 0.6) is 0 Å². The second kappa shape index (κ2) is 4.77. The van der Waals surface area contributed by atoms with Crippen LogP contribution in [0.15, 0.2) is 0 Å². The van der Waals surface area contributed by atoms with Crippen molar-refractivity contribution in [3.05, 3.63) is 0 Å². The summed E-state index contributed by atoms with van der Waals surface area (Å²) in [4.78, 5) is 5.46. The summed E-state index contributed by atoms with van der Waals surface area (Å²) in [6.45, 7) is 5.44. The molecular formula is C15H27N3. The molecule has 0 aromatic heterocycles. The number of fused-ring (bicyclic) bond motifs is 2. The Kier molecular flexibility index (Phi) is 3.10. The standard InChI is InChI=1S/C15H27N3/c1-3-13-11-12(5-9-17(13)7-1)16-14-6-10-18-8-2-4-15(14)18/h12-16H,1-11H2. The lowest BCUT2D eigenvalue weighted by atomic mass is 9.95. The van der Waals surface area contributed by atoms with E-state index in [9.17, 15) is 0 Å². The number of hydrogen-bond acceptors (Lipinski definition) is 3. The van der Waals surface area contributed by atoms with Gasteiger partial charge in [0.05, 0.1) is 0 Å². The molecule has 4 unspecified atom stereocenters. The Labute approximate surface area is 111 Å². The fraction of sp³-hybridized carbons (Fsp3) is 1.00. The summed E-state index contributed by atoms with van der Waals surface area (Å²) in [6.07, 6.45) is 9.98. The van der Waals surface area contributed by atoms with Crippen molar-refractivity contribution in [3.63, 3.8) is 0 Å². The smallest absolute Gasteiger partial charge is 0.0250 e. The summed E-state index contributed by atoms with van der Waals surface area (Å²) in [5.41, 5.74) is 0. The Morgan fingerprint density at radius 2 is 1.61 bits per heavy atom. The van der Waals surface area contributed by atoms with Gasteiger partial charge in [-0.3, -0.25) is 4.90 Å². The molecule has 0 aromatic rings. The van der Waals surface area contributed by atoms with E-state index in [2.05, 4.69) is 15.1 Å². The fourth-order valence-corrected chi connectivity index (χ4v) is 4.96. The predicted octanol–water partition coefficient (Wildman–Crippen LogP) is 1.44. The minimum absolute atomic E-state index is 0.811. The predicted molar refractivity (Wildman–Crippen MR) is 73.8 cm³/mol. The van der Waals surface area contributed by atoms with Crippen LogP contribution in [0.2, 0.25) is 0 Å². The molecule has 0 amide bonds. The van der Waals surface area contributed by atoms with Crippen molar-refractivity contribution in [1.82, 2.24) is 15.1 Å². The highest BCUT2D eigenvalue weighted by Crippen LogP contribution is 2.31. The van der Waals surface area contributed by atoms with Gasteiger partial charge in [-0.1, -0.05) is 0 Å². The van der Waals surface area contributed by atoms with E-state index < -0.39 is 0 Å². The van der Waals surface area contributed by atoms with Crippen LogP contribution in [-0.4, -0.2) is 60.1 Å². The van der Waals surface area contributed by atoms with E-state index in [-0.39, 0.29) is 0 Å². The lowest BCUT2D eigenvalue weighted by Gasteiger charge is -2.37. The first-order valence-corrected chi connectivity index (χ1v) is 8.14. The van der Waals surface area contributed by atoms with Gasteiger partial charge in [-0.05, 0) is 64.6 Å². The molecule has 4 atom stereocenters. The van der Waals surface area contributed by atoms with Gasteiger partial charge in [-0.25, -0.2) is 0 Å². The van der Waals surface area contributed by atoms with Crippen LogP contribution < -0.4 is 5.32 Å². The van der Waals surface area contributed by atoms with Crippen LogP contribution in [0, 0.1) is 0 Å². The van der Waals surface area contributed by atoms with Crippen molar-refractivity contribution in [2.75, 3.05) is 26.2 Å². The maximum Gasteiger partial charge on any atom is 0.0250 e. The zero-order valence-electron chi connectivity index (χ0n) is 11.5. The second-order valence-corrected chi connectivity index (χ2v) is 6.86. The first-order chi connectivity index (χ1) is 8.90. The summed E-state index contributed by atoms with van der Waals surface area (Å²) in [6, 6.07) is 3.42. The summed E-state index contributed by atoms with van der Waals surface area (Å²) in [7, 11) is 0. The minimum atomic E-state index is 0.811. The van der Waals surface area contributed by atoms with Crippen molar-refractivity contribution >= 4 is 0 Å². The number of nitrogens with zero attached hydrogens (tertiary/aromatic N) is 2. The van der Waals surface area contributed by atoms with Crippen LogP contribution >= 0.6 is 0 Å². The molecule has 0 aromatic carbocycles. The molecule has 3 nitrogen and oxygen atoms in total. The molecule has 4 saturated heterocycles. The van der Waals surface area contributed by atoms with Crippen molar-refractivity contribution in [1.29, 1.82) is 0 Å². The van der Waals surface area contributed by atoms with Crippen LogP contribution in [0.4, 0.5) is 0 Å². The molecule has 102 valence electrons. The quantitative estimate of drug-likeness (QED) is 0.799. The van der Waals surface area contributed by atoms with Gasteiger partial charge >= 0.3 is 0 Å². The molecule has 1 N–H and O–H groups in total. The third-order valence-electron chi connectivity index (χ3n) is 5.88. The third kappa shape index (κ3) is 2.00. The van der Waals surface area contributed by atoms with E-state index in [1.165, 1.54) is 71.1 Å². The van der Waals surface area contributed by atoms with E-state index in [1.54, 1.807) is 0 Å². The molecule has 3 heteroatoms. The highest BCUT2D eigenvalue weighted by molar-refractivity contribution is 4.98. The van der Waals surface area contributed by atoms with E-state index in [0.717, 1.165) is 24.2 Å². The van der Waals surface area contributed by atoms with Crippen molar-refractivity contribution in [2.45, 2.75) is 69.1 Å². The Morgan fingerprint density at radius 1 is 0.778 bits per heavy atom. The minimum Gasteiger partial charge on any atom is -0.310 e. The van der Waals surface area contributed by atoms with Gasteiger partial charge in [0.2, 0.25) is 0 Å². The van der Waals surface area contributed by atoms with E-state index in [4.69, 9.17) is 0 Å². The molecule has 4 rings (SSSR count). The first kappa shape index (κ1) is 11.7. The highest BCUT2D eigenvalue weighted by Gasteiger charge is 2.39. The Balaban J connectivity index is 1.34. The van der Waals surface area contributed by atoms with Crippen LogP contribution in [0.1, 0.15) is 44.9 Å². The fourth-order valence-electron chi connectivity index (χ4n) is 4.96. The summed E-state index contributed by atoms with van der Waals surface area (Å²) >= 11 is 0. The summed E-state index contributed by atoms with van der Waals surface area (Å²) in [5, 5.41) is 4.03. The SMILES string of the molecule is C1CC2CC(NC3CCN4CCCC34)CCN2C1. The maximum absolute atomic E-state index is 4.03. The number of rotatable bonds is 2. The van der Waals surface area contributed by atoms with Crippen LogP contribution in [-0.2, 0) is 0 Å². The molecule has 4 aliphatic rings. The van der Waals surface area contributed by atoms with Gasteiger partial charge in [-0.2, -0.15) is 0 Å². The summed E-state index contributed by atoms with van der Waals surface area (Å²) < 4.78 is 0. The normalized spacial score (nSPS) is 45.3. The van der Waals surface area contributed by atoms with Gasteiger partial charge in [0.15, 0.2) is 0 Å². The Hall–Kier alpha value is -0.120. The molecule has 0 radical (unpaired) electrons. The highest BCUT2D eigenvalue weighted by atomic mass is 15.3. The molecule has 4 heterocycles. The molecule has 0 spiro atoms. The zero-order valence-corrected chi connectivity index (χ0v) is 11.5. The maximum atomic E-state index is 4.03. The third-order valence-corrected chi connectivity index (χ3v) is 5.88. The first-order valence-electron chi connectivity index (χ1n) is 8.14. The molecule has 0 bridgehead atoms. The van der Waals surface area contributed by atoms with Gasteiger partial charge in [0, 0.05) is 30.7 Å². The monoisotopic (exact) mass is 249 g/mol. The number of hydrogen-bond donors (Lipinski definition) is 1. The van der Waals surface area contributed by atoms with E-state index in [0.29, 0.717) is 0 Å². The van der Waals surface area contributed by atoms with Crippen molar-refractivity contribution in [2.24, 2.45) is 0 Å². The Bertz CT molecular complexity index is 306. The largest absolute Gasteiger partial charge is 0.310 e. The molecule has 0 saturated carbocycles. The molecule has 0 aliphatic carbocycles. The van der Waals surface area contributed by atoms with Crippen molar-refractivity contribution in [3.8, 4) is 0 Å². The number of piperidine rings is 1. The molecule has 18 heavy (non-hydrogen) atoms. The van der Waals surface area contributed by atoms with Gasteiger partial charge < -0.3 is 10.2 Å². The number of nitrogens with one attached hydrogen (secondary N) is 1. The van der Waals surface area contributed by atoms with E-state index >= 15 is 0 Å². The Morgan fingerprint density at radius 3 is 2.61 bits per heavy atom.